The fraction of sp³-hybridized carbons (Fsp3) is 0.0345. The number of anilines is 3. The van der Waals surface area contributed by atoms with Crippen molar-refractivity contribution in [3.05, 3.63) is 223 Å². The third-order valence-electron chi connectivity index (χ3n) is 12.6. The number of benzene rings is 10. The molecule has 282 valence electrons. The predicted molar refractivity (Wildman–Crippen MR) is 256 cm³/mol. The van der Waals surface area contributed by atoms with Gasteiger partial charge in [0.05, 0.1) is 11.0 Å². The first kappa shape index (κ1) is 34.4. The van der Waals surface area contributed by atoms with E-state index < -0.39 is 0 Å². The van der Waals surface area contributed by atoms with Crippen LogP contribution in [-0.2, 0) is 6.42 Å². The van der Waals surface area contributed by atoms with Crippen molar-refractivity contribution in [1.29, 1.82) is 0 Å². The molecule has 60 heavy (non-hydrogen) atoms. The predicted octanol–water partition coefficient (Wildman–Crippen LogP) is 16.0. The molecule has 0 saturated heterocycles. The largest absolute Gasteiger partial charge is 0.310 e. The van der Waals surface area contributed by atoms with Crippen molar-refractivity contribution in [3.63, 3.8) is 0 Å². The van der Waals surface area contributed by atoms with Gasteiger partial charge in [0, 0.05) is 33.5 Å². The summed E-state index contributed by atoms with van der Waals surface area (Å²) in [6.07, 6.45) is 6.73. The summed E-state index contributed by atoms with van der Waals surface area (Å²) in [6, 6.07) is 76.1. The second kappa shape index (κ2) is 14.0. The van der Waals surface area contributed by atoms with Gasteiger partial charge in [-0.15, -0.1) is 0 Å². The van der Waals surface area contributed by atoms with Gasteiger partial charge in [-0.2, -0.15) is 0 Å². The van der Waals surface area contributed by atoms with Crippen molar-refractivity contribution in [2.24, 2.45) is 0 Å². The van der Waals surface area contributed by atoms with Gasteiger partial charge in [0.15, 0.2) is 0 Å². The van der Waals surface area contributed by atoms with Crippen molar-refractivity contribution in [2.75, 3.05) is 4.90 Å². The zero-order valence-corrected chi connectivity index (χ0v) is 33.1. The van der Waals surface area contributed by atoms with Crippen LogP contribution in [0.1, 0.15) is 17.5 Å². The molecule has 0 fully saturated rings. The molecule has 2 nitrogen and oxygen atoms in total. The van der Waals surface area contributed by atoms with Gasteiger partial charge in [0.2, 0.25) is 0 Å². The summed E-state index contributed by atoms with van der Waals surface area (Å²) in [5, 5.41) is 10.1. The number of hydrogen-bond donors (Lipinski definition) is 0. The molecule has 0 unspecified atom stereocenters. The van der Waals surface area contributed by atoms with E-state index in [2.05, 4.69) is 228 Å². The van der Waals surface area contributed by atoms with E-state index in [-0.39, 0.29) is 0 Å². The molecular formula is C58H40N2. The Morgan fingerprint density at radius 2 is 1.10 bits per heavy atom. The monoisotopic (exact) mass is 764 g/mol. The lowest BCUT2D eigenvalue weighted by molar-refractivity contribution is 0.997. The number of nitrogens with zero attached hydrogens (tertiary/aromatic N) is 2. The quantitative estimate of drug-likeness (QED) is 0.164. The minimum atomic E-state index is 1.07. The number of hydrogen-bond acceptors (Lipinski definition) is 1. The Balaban J connectivity index is 1.07. The molecule has 0 amide bonds. The Morgan fingerprint density at radius 3 is 1.98 bits per heavy atom. The van der Waals surface area contributed by atoms with Gasteiger partial charge in [-0.1, -0.05) is 152 Å². The highest BCUT2D eigenvalue weighted by atomic mass is 15.1. The van der Waals surface area contributed by atoms with Gasteiger partial charge in [-0.05, 0) is 145 Å². The van der Waals surface area contributed by atoms with Crippen LogP contribution in [-0.4, -0.2) is 4.57 Å². The maximum Gasteiger partial charge on any atom is 0.0553 e. The van der Waals surface area contributed by atoms with E-state index >= 15 is 0 Å². The minimum Gasteiger partial charge on any atom is -0.310 e. The molecule has 12 rings (SSSR count). The van der Waals surface area contributed by atoms with Crippen LogP contribution in [0.3, 0.4) is 0 Å². The van der Waals surface area contributed by atoms with E-state index in [1.54, 1.807) is 0 Å². The first-order valence-electron chi connectivity index (χ1n) is 21.0. The molecule has 0 aliphatic heterocycles. The van der Waals surface area contributed by atoms with Crippen LogP contribution in [0.25, 0.3) is 88.1 Å². The van der Waals surface area contributed by atoms with Crippen LogP contribution in [0.5, 0.6) is 0 Å². The molecule has 10 aromatic carbocycles. The van der Waals surface area contributed by atoms with E-state index in [0.717, 1.165) is 35.6 Å². The van der Waals surface area contributed by atoms with Crippen molar-refractivity contribution >= 4 is 77.3 Å². The molecule has 0 spiro atoms. The molecule has 1 heterocycles. The second-order valence-corrected chi connectivity index (χ2v) is 16.0. The average Bonchev–Trinajstić information content (AvgIpc) is 3.65. The molecule has 1 aliphatic carbocycles. The van der Waals surface area contributed by atoms with Gasteiger partial charge in [0.1, 0.15) is 0 Å². The zero-order chi connectivity index (χ0) is 39.6. The van der Waals surface area contributed by atoms with Crippen LogP contribution >= 0.6 is 0 Å². The smallest absolute Gasteiger partial charge is 0.0553 e. The average molecular weight is 765 g/mol. The molecule has 0 atom stereocenters. The Bertz CT molecular complexity index is 3480. The highest BCUT2D eigenvalue weighted by Gasteiger charge is 2.21. The van der Waals surface area contributed by atoms with Crippen molar-refractivity contribution < 1.29 is 0 Å². The topological polar surface area (TPSA) is 8.17 Å². The van der Waals surface area contributed by atoms with Crippen molar-refractivity contribution in [2.45, 2.75) is 12.8 Å². The fourth-order valence-corrected chi connectivity index (χ4v) is 9.78. The van der Waals surface area contributed by atoms with Gasteiger partial charge < -0.3 is 9.47 Å². The van der Waals surface area contributed by atoms with Crippen LogP contribution in [0.15, 0.2) is 212 Å². The Hall–Kier alpha value is -7.68. The summed E-state index contributed by atoms with van der Waals surface area (Å²) in [5.41, 5.74) is 14.6. The maximum atomic E-state index is 2.43. The Labute approximate surface area is 349 Å². The SMILES string of the molecule is C1=Cc2ccc3cc(N(c4ccc(-c5ccc6ccccc6c5)cc4)c4cccc(-c5c6ccccc6cc6c5c5ccccc5n6-c5ccccc5)c4)ccc3c2CC1. The molecule has 1 aromatic heterocycles. The standard InChI is InChI=1S/C58H40N2/c1-2-18-47(19-3-1)60-55-24-11-10-23-54(55)58-56(60)38-44-16-7-9-22-53(44)57(58)46-17-12-20-49(37-46)59(50-33-34-52-45(36-50)28-26-41-14-6-8-21-51(41)52)48-31-29-40(30-32-48)43-27-25-39-13-4-5-15-42(39)35-43/h1-7,9-20,22-38H,8,21H2. The summed E-state index contributed by atoms with van der Waals surface area (Å²) in [6.45, 7) is 0. The Kier molecular flexibility index (Phi) is 8.02. The summed E-state index contributed by atoms with van der Waals surface area (Å²) >= 11 is 0. The number of rotatable bonds is 6. The zero-order valence-electron chi connectivity index (χ0n) is 33.1. The van der Waals surface area contributed by atoms with Crippen molar-refractivity contribution in [3.8, 4) is 27.9 Å². The number of aromatic nitrogens is 1. The van der Waals surface area contributed by atoms with Crippen LogP contribution in [0.2, 0.25) is 0 Å². The summed E-state index contributed by atoms with van der Waals surface area (Å²) < 4.78 is 2.43. The number of para-hydroxylation sites is 2. The fourth-order valence-electron chi connectivity index (χ4n) is 9.78. The van der Waals surface area contributed by atoms with E-state index in [0.29, 0.717) is 0 Å². The van der Waals surface area contributed by atoms with Crippen molar-refractivity contribution in [1.82, 2.24) is 4.57 Å². The lowest BCUT2D eigenvalue weighted by Crippen LogP contribution is -2.10. The molecule has 0 radical (unpaired) electrons. The minimum absolute atomic E-state index is 1.07. The molecule has 0 saturated carbocycles. The summed E-state index contributed by atoms with van der Waals surface area (Å²) in [4.78, 5) is 2.43. The number of fused-ring (bicyclic) bond motifs is 8. The van der Waals surface area contributed by atoms with E-state index in [4.69, 9.17) is 0 Å². The number of aryl methyl sites for hydroxylation is 1. The van der Waals surface area contributed by atoms with Crippen LogP contribution in [0.4, 0.5) is 17.1 Å². The molecule has 0 N–H and O–H groups in total. The first-order valence-corrected chi connectivity index (χ1v) is 21.0. The van der Waals surface area contributed by atoms with Crippen LogP contribution < -0.4 is 4.90 Å². The van der Waals surface area contributed by atoms with E-state index in [1.807, 2.05) is 0 Å². The van der Waals surface area contributed by atoms with Gasteiger partial charge in [-0.3, -0.25) is 0 Å². The molecule has 1 aliphatic rings. The lowest BCUT2D eigenvalue weighted by Gasteiger charge is -2.27. The molecular weight excluding hydrogens is 725 g/mol. The van der Waals surface area contributed by atoms with Gasteiger partial charge >= 0.3 is 0 Å². The Morgan fingerprint density at radius 1 is 0.400 bits per heavy atom. The highest BCUT2D eigenvalue weighted by Crippen LogP contribution is 2.45. The van der Waals surface area contributed by atoms with E-state index in [9.17, 15) is 0 Å². The first-order chi connectivity index (χ1) is 29.7. The van der Waals surface area contributed by atoms with E-state index in [1.165, 1.54) is 87.5 Å². The summed E-state index contributed by atoms with van der Waals surface area (Å²) in [5.74, 6) is 0. The maximum absolute atomic E-state index is 2.43. The third-order valence-corrected chi connectivity index (χ3v) is 12.6. The normalized spacial score (nSPS) is 12.5. The lowest BCUT2D eigenvalue weighted by atomic mass is 9.91. The molecule has 0 bridgehead atoms. The molecule has 11 aromatic rings. The second-order valence-electron chi connectivity index (χ2n) is 16.0. The van der Waals surface area contributed by atoms with Crippen LogP contribution in [0, 0.1) is 0 Å². The van der Waals surface area contributed by atoms with Gasteiger partial charge in [0.25, 0.3) is 0 Å². The highest BCUT2D eigenvalue weighted by molar-refractivity contribution is 6.23. The third kappa shape index (κ3) is 5.64. The van der Waals surface area contributed by atoms with Gasteiger partial charge in [-0.25, -0.2) is 0 Å². The summed E-state index contributed by atoms with van der Waals surface area (Å²) in [7, 11) is 0. The number of allylic oxidation sites excluding steroid dienone is 1. The molecule has 2 heteroatoms.